The van der Waals surface area contributed by atoms with Gasteiger partial charge in [-0.25, -0.2) is 0 Å². The van der Waals surface area contributed by atoms with E-state index in [2.05, 4.69) is 36.0 Å². The zero-order valence-electron chi connectivity index (χ0n) is 16.3. The van der Waals surface area contributed by atoms with Crippen LogP contribution in [0.25, 0.3) is 33.5 Å². The van der Waals surface area contributed by atoms with Crippen molar-refractivity contribution in [2.45, 2.75) is 13.8 Å². The van der Waals surface area contributed by atoms with Crippen molar-refractivity contribution in [1.82, 2.24) is 9.72 Å². The molecule has 0 bridgehead atoms. The number of fused-ring (bicyclic) bond motifs is 1. The first-order chi connectivity index (χ1) is 13.6. The molecule has 2 aromatic carbocycles. The molecular formula is C23H23N3O2. The highest BCUT2D eigenvalue weighted by Gasteiger charge is 2.18. The molecule has 0 atom stereocenters. The average Bonchev–Trinajstić information content (AvgIpc) is 3.17. The molecule has 0 saturated heterocycles. The van der Waals surface area contributed by atoms with Gasteiger partial charge in [0.1, 0.15) is 11.1 Å². The van der Waals surface area contributed by atoms with Gasteiger partial charge in [0.15, 0.2) is 5.58 Å². The fraction of sp³-hybridized carbons (Fsp3) is 0.217. The van der Waals surface area contributed by atoms with E-state index in [1.165, 1.54) is 5.69 Å². The van der Waals surface area contributed by atoms with Gasteiger partial charge in [-0.05, 0) is 31.5 Å². The van der Waals surface area contributed by atoms with Crippen molar-refractivity contribution in [2.75, 3.05) is 18.0 Å². The second-order valence-corrected chi connectivity index (χ2v) is 6.75. The number of hydrogen-bond donors (Lipinski definition) is 0. The van der Waals surface area contributed by atoms with Crippen LogP contribution in [0.5, 0.6) is 0 Å². The van der Waals surface area contributed by atoms with Crippen LogP contribution < -0.4 is 10.5 Å². The second kappa shape index (κ2) is 7.35. The largest absolute Gasteiger partial charge is 0.372 e. The smallest absolute Gasteiger partial charge is 0.264 e. The van der Waals surface area contributed by atoms with Crippen LogP contribution in [0.15, 0.2) is 70.0 Å². The van der Waals surface area contributed by atoms with Gasteiger partial charge in [-0.3, -0.25) is 4.79 Å². The first kappa shape index (κ1) is 18.0. The number of benzene rings is 2. The molecule has 0 aliphatic rings. The number of pyridine rings is 1. The highest BCUT2D eigenvalue weighted by atomic mass is 16.5. The number of rotatable bonds is 5. The van der Waals surface area contributed by atoms with E-state index >= 15 is 0 Å². The van der Waals surface area contributed by atoms with Crippen molar-refractivity contribution in [1.29, 1.82) is 0 Å². The Hall–Kier alpha value is -3.34. The first-order valence-corrected chi connectivity index (χ1v) is 9.54. The Balaban J connectivity index is 1.82. The summed E-state index contributed by atoms with van der Waals surface area (Å²) in [6.45, 7) is 6.20. The lowest BCUT2D eigenvalue weighted by Crippen LogP contribution is -2.21. The number of hydrogen-bond acceptors (Lipinski definition) is 4. The summed E-state index contributed by atoms with van der Waals surface area (Å²) < 4.78 is 7.19. The van der Waals surface area contributed by atoms with Gasteiger partial charge in [0, 0.05) is 37.5 Å². The summed E-state index contributed by atoms with van der Waals surface area (Å²) >= 11 is 0. The molecular weight excluding hydrogens is 350 g/mol. The standard InChI is InChI=1S/C23H23N3O2/c1-4-26(5-2)18-13-11-16(12-14-18)19-15-20-21(23(27)25(19)3)22(24-28-20)17-9-7-6-8-10-17/h6-15H,4-5H2,1-3H3. The molecule has 5 nitrogen and oxygen atoms in total. The van der Waals surface area contributed by atoms with E-state index in [4.69, 9.17) is 4.52 Å². The third-order valence-electron chi connectivity index (χ3n) is 5.21. The van der Waals surface area contributed by atoms with E-state index in [-0.39, 0.29) is 5.56 Å². The fourth-order valence-electron chi connectivity index (χ4n) is 3.61. The number of nitrogens with zero attached hydrogens (tertiary/aromatic N) is 3. The fourth-order valence-corrected chi connectivity index (χ4v) is 3.61. The topological polar surface area (TPSA) is 51.3 Å². The van der Waals surface area contributed by atoms with Gasteiger partial charge in [0.2, 0.25) is 0 Å². The summed E-state index contributed by atoms with van der Waals surface area (Å²) in [5.74, 6) is 0. The third kappa shape index (κ3) is 2.99. The SMILES string of the molecule is CCN(CC)c1ccc(-c2cc3onc(-c4ccccc4)c3c(=O)n2C)cc1. The van der Waals surface area contributed by atoms with E-state index < -0.39 is 0 Å². The summed E-state index contributed by atoms with van der Waals surface area (Å²) in [5.41, 5.74) is 4.79. The Bertz CT molecular complexity index is 1150. The van der Waals surface area contributed by atoms with Gasteiger partial charge in [-0.15, -0.1) is 0 Å². The van der Waals surface area contributed by atoms with Gasteiger partial charge in [-0.1, -0.05) is 47.6 Å². The maximum atomic E-state index is 13.1. The van der Waals surface area contributed by atoms with Gasteiger partial charge < -0.3 is 14.0 Å². The minimum atomic E-state index is -0.111. The Kier molecular flexibility index (Phi) is 4.74. The van der Waals surface area contributed by atoms with Crippen molar-refractivity contribution in [3.63, 3.8) is 0 Å². The zero-order chi connectivity index (χ0) is 19.7. The van der Waals surface area contributed by atoms with Crippen LogP contribution in [0.4, 0.5) is 5.69 Å². The Labute approximate surface area is 163 Å². The Morgan fingerprint density at radius 1 is 0.964 bits per heavy atom. The van der Waals surface area contributed by atoms with E-state index in [1.807, 2.05) is 48.5 Å². The summed E-state index contributed by atoms with van der Waals surface area (Å²) in [6.07, 6.45) is 0. The molecule has 0 N–H and O–H groups in total. The molecule has 0 unspecified atom stereocenters. The van der Waals surface area contributed by atoms with Crippen LogP contribution in [-0.4, -0.2) is 22.8 Å². The normalized spacial score (nSPS) is 11.1. The van der Waals surface area contributed by atoms with Crippen LogP contribution in [0, 0.1) is 0 Å². The molecule has 4 rings (SSSR count). The van der Waals surface area contributed by atoms with Crippen LogP contribution in [0.3, 0.4) is 0 Å². The number of anilines is 1. The van der Waals surface area contributed by atoms with Gasteiger partial charge in [0.05, 0.1) is 5.69 Å². The molecule has 2 aromatic heterocycles. The number of aromatic nitrogens is 2. The summed E-state index contributed by atoms with van der Waals surface area (Å²) in [6, 6.07) is 19.8. The zero-order valence-corrected chi connectivity index (χ0v) is 16.3. The van der Waals surface area contributed by atoms with Gasteiger partial charge >= 0.3 is 0 Å². The summed E-state index contributed by atoms with van der Waals surface area (Å²) in [4.78, 5) is 15.4. The first-order valence-electron chi connectivity index (χ1n) is 9.54. The van der Waals surface area contributed by atoms with Gasteiger partial charge in [-0.2, -0.15) is 0 Å². The van der Waals surface area contributed by atoms with Crippen LogP contribution in [-0.2, 0) is 7.05 Å². The van der Waals surface area contributed by atoms with Crippen LogP contribution in [0.2, 0.25) is 0 Å². The average molecular weight is 373 g/mol. The molecule has 0 radical (unpaired) electrons. The van der Waals surface area contributed by atoms with Crippen molar-refractivity contribution < 1.29 is 4.52 Å². The molecule has 2 heterocycles. The summed E-state index contributed by atoms with van der Waals surface area (Å²) in [5, 5.41) is 4.68. The maximum absolute atomic E-state index is 13.1. The van der Waals surface area contributed by atoms with Gasteiger partial charge in [0.25, 0.3) is 5.56 Å². The molecule has 0 saturated carbocycles. The Morgan fingerprint density at radius 2 is 1.64 bits per heavy atom. The summed E-state index contributed by atoms with van der Waals surface area (Å²) in [7, 11) is 1.79. The third-order valence-corrected chi connectivity index (χ3v) is 5.21. The van der Waals surface area contributed by atoms with E-state index in [0.29, 0.717) is 16.7 Å². The molecule has 0 fully saturated rings. The lowest BCUT2D eigenvalue weighted by Gasteiger charge is -2.21. The van der Waals surface area contributed by atoms with E-state index in [0.717, 1.165) is 29.9 Å². The van der Waals surface area contributed by atoms with E-state index in [9.17, 15) is 4.79 Å². The second-order valence-electron chi connectivity index (χ2n) is 6.75. The molecule has 0 aliphatic heterocycles. The van der Waals surface area contributed by atoms with Crippen molar-refractivity contribution in [2.24, 2.45) is 7.05 Å². The lowest BCUT2D eigenvalue weighted by molar-refractivity contribution is 0.459. The maximum Gasteiger partial charge on any atom is 0.264 e. The minimum absolute atomic E-state index is 0.111. The lowest BCUT2D eigenvalue weighted by atomic mass is 10.1. The molecule has 5 heteroatoms. The molecule has 0 amide bonds. The van der Waals surface area contributed by atoms with Crippen molar-refractivity contribution in [3.05, 3.63) is 71.0 Å². The highest BCUT2D eigenvalue weighted by Crippen LogP contribution is 2.29. The highest BCUT2D eigenvalue weighted by molar-refractivity contribution is 5.92. The predicted molar refractivity (Wildman–Crippen MR) is 114 cm³/mol. The molecule has 0 spiro atoms. The molecule has 142 valence electrons. The molecule has 0 aliphatic carbocycles. The van der Waals surface area contributed by atoms with Crippen molar-refractivity contribution in [3.8, 4) is 22.5 Å². The van der Waals surface area contributed by atoms with E-state index in [1.54, 1.807) is 11.6 Å². The minimum Gasteiger partial charge on any atom is -0.372 e. The van der Waals surface area contributed by atoms with Crippen LogP contribution >= 0.6 is 0 Å². The Morgan fingerprint density at radius 3 is 2.29 bits per heavy atom. The molecule has 4 aromatic rings. The quantitative estimate of drug-likeness (QED) is 0.508. The van der Waals surface area contributed by atoms with Crippen molar-refractivity contribution >= 4 is 16.7 Å². The molecule has 28 heavy (non-hydrogen) atoms. The monoisotopic (exact) mass is 373 g/mol. The van der Waals surface area contributed by atoms with Crippen LogP contribution in [0.1, 0.15) is 13.8 Å². The predicted octanol–water partition coefficient (Wildman–Crippen LogP) is 4.71.